The Hall–Kier alpha value is -1.65. The lowest BCUT2D eigenvalue weighted by Crippen LogP contribution is -2.17. The maximum Gasteiger partial charge on any atom is 0.304 e. The molecule has 1 rings (SSSR count). The van der Waals surface area contributed by atoms with Gasteiger partial charge in [-0.1, -0.05) is 0 Å². The first-order valence-electron chi connectivity index (χ1n) is 5.01. The van der Waals surface area contributed by atoms with Crippen molar-refractivity contribution in [2.75, 3.05) is 18.5 Å². The van der Waals surface area contributed by atoms with Gasteiger partial charge in [0.15, 0.2) is 5.00 Å². The van der Waals surface area contributed by atoms with Crippen LogP contribution in [0.2, 0.25) is 0 Å². The van der Waals surface area contributed by atoms with Crippen molar-refractivity contribution in [1.29, 1.82) is 5.26 Å². The predicted octanol–water partition coefficient (Wildman–Crippen LogP) is 2.06. The van der Waals surface area contributed by atoms with E-state index in [1.54, 1.807) is 18.9 Å². The van der Waals surface area contributed by atoms with E-state index in [1.807, 2.05) is 6.07 Å². The first-order valence-corrected chi connectivity index (χ1v) is 5.83. The number of anilines is 1. The van der Waals surface area contributed by atoms with Gasteiger partial charge >= 0.3 is 5.69 Å². The van der Waals surface area contributed by atoms with E-state index in [4.69, 9.17) is 5.26 Å². The zero-order valence-corrected chi connectivity index (χ0v) is 10.4. The number of rotatable bonds is 5. The molecular formula is C10H13N3O3S. The van der Waals surface area contributed by atoms with Crippen LogP contribution in [0.3, 0.4) is 0 Å². The van der Waals surface area contributed by atoms with Crippen LogP contribution in [-0.4, -0.2) is 23.6 Å². The van der Waals surface area contributed by atoms with E-state index in [2.05, 4.69) is 0 Å². The molecule has 0 amide bonds. The lowest BCUT2D eigenvalue weighted by Gasteiger charge is -2.14. The summed E-state index contributed by atoms with van der Waals surface area (Å²) in [5.74, 6) is 0. The van der Waals surface area contributed by atoms with Gasteiger partial charge in [0.2, 0.25) is 0 Å². The van der Waals surface area contributed by atoms with E-state index >= 15 is 0 Å². The SMILES string of the molecule is CC(O)c1cc([N+](=O)[O-])c(N(C)CCC#N)s1. The Balaban J connectivity index is 3.04. The Morgan fingerprint density at radius 2 is 2.41 bits per heavy atom. The minimum Gasteiger partial charge on any atom is -0.388 e. The third-order valence-electron chi connectivity index (χ3n) is 2.23. The number of hydrogen-bond acceptors (Lipinski definition) is 6. The summed E-state index contributed by atoms with van der Waals surface area (Å²) in [5, 5.41) is 29.3. The van der Waals surface area contributed by atoms with Crippen LogP contribution in [0, 0.1) is 21.4 Å². The van der Waals surface area contributed by atoms with Crippen molar-refractivity contribution in [1.82, 2.24) is 0 Å². The molecule has 0 aromatic carbocycles. The van der Waals surface area contributed by atoms with Gasteiger partial charge in [0, 0.05) is 24.5 Å². The number of hydrogen-bond donors (Lipinski definition) is 1. The second-order valence-electron chi connectivity index (χ2n) is 3.60. The molecule has 1 aromatic rings. The first-order chi connectivity index (χ1) is 7.97. The van der Waals surface area contributed by atoms with Gasteiger partial charge in [-0.15, -0.1) is 11.3 Å². The van der Waals surface area contributed by atoms with E-state index in [0.717, 1.165) is 0 Å². The molecule has 1 N–H and O–H groups in total. The third kappa shape index (κ3) is 3.15. The molecule has 0 saturated carbocycles. The molecule has 92 valence electrons. The maximum absolute atomic E-state index is 10.9. The van der Waals surface area contributed by atoms with Crippen LogP contribution in [0.15, 0.2) is 6.07 Å². The molecule has 1 unspecified atom stereocenters. The number of nitro groups is 1. The summed E-state index contributed by atoms with van der Waals surface area (Å²) in [6.45, 7) is 1.99. The van der Waals surface area contributed by atoms with Gasteiger partial charge in [-0.05, 0) is 6.92 Å². The molecule has 0 fully saturated rings. The van der Waals surface area contributed by atoms with Gasteiger partial charge in [0.05, 0.1) is 23.5 Å². The van der Waals surface area contributed by atoms with Crippen LogP contribution < -0.4 is 4.90 Å². The highest BCUT2D eigenvalue weighted by molar-refractivity contribution is 7.16. The largest absolute Gasteiger partial charge is 0.388 e. The van der Waals surface area contributed by atoms with Gasteiger partial charge in [-0.3, -0.25) is 10.1 Å². The van der Waals surface area contributed by atoms with Crippen molar-refractivity contribution in [2.45, 2.75) is 19.4 Å². The van der Waals surface area contributed by atoms with Crippen LogP contribution in [0.4, 0.5) is 10.7 Å². The Kier molecular flexibility index (Phi) is 4.43. The average Bonchev–Trinajstić information content (AvgIpc) is 2.70. The molecule has 6 nitrogen and oxygen atoms in total. The normalized spacial score (nSPS) is 11.9. The molecule has 0 aliphatic heterocycles. The van der Waals surface area contributed by atoms with Crippen LogP contribution >= 0.6 is 11.3 Å². The van der Waals surface area contributed by atoms with Crippen molar-refractivity contribution in [3.63, 3.8) is 0 Å². The van der Waals surface area contributed by atoms with Crippen LogP contribution in [0.5, 0.6) is 0 Å². The maximum atomic E-state index is 10.9. The molecular weight excluding hydrogens is 242 g/mol. The molecule has 0 spiro atoms. The van der Waals surface area contributed by atoms with Gasteiger partial charge in [-0.25, -0.2) is 0 Å². The highest BCUT2D eigenvalue weighted by atomic mass is 32.1. The molecule has 0 saturated heterocycles. The predicted molar refractivity (Wildman–Crippen MR) is 65.1 cm³/mol. The van der Waals surface area contributed by atoms with E-state index in [0.29, 0.717) is 22.8 Å². The summed E-state index contributed by atoms with van der Waals surface area (Å²) in [6, 6.07) is 3.37. The number of nitrogens with zero attached hydrogens (tertiary/aromatic N) is 3. The first kappa shape index (κ1) is 13.4. The number of nitriles is 1. The van der Waals surface area contributed by atoms with Crippen LogP contribution in [0.1, 0.15) is 24.3 Å². The Labute approximate surface area is 103 Å². The molecule has 0 radical (unpaired) electrons. The smallest absolute Gasteiger partial charge is 0.304 e. The van der Waals surface area contributed by atoms with Gasteiger partial charge < -0.3 is 10.0 Å². The fraction of sp³-hybridized carbons (Fsp3) is 0.500. The minimum atomic E-state index is -0.725. The summed E-state index contributed by atoms with van der Waals surface area (Å²) in [4.78, 5) is 12.6. The average molecular weight is 255 g/mol. The van der Waals surface area contributed by atoms with E-state index in [1.165, 1.54) is 17.4 Å². The van der Waals surface area contributed by atoms with E-state index in [-0.39, 0.29) is 5.69 Å². The fourth-order valence-corrected chi connectivity index (χ4v) is 2.37. The van der Waals surface area contributed by atoms with Crippen LogP contribution in [0.25, 0.3) is 0 Å². The number of aliphatic hydroxyl groups is 1. The summed E-state index contributed by atoms with van der Waals surface area (Å²) in [7, 11) is 1.70. The molecule has 0 bridgehead atoms. The molecule has 7 heteroatoms. The second-order valence-corrected chi connectivity index (χ2v) is 4.66. The zero-order valence-electron chi connectivity index (χ0n) is 9.58. The lowest BCUT2D eigenvalue weighted by molar-refractivity contribution is -0.383. The topological polar surface area (TPSA) is 90.4 Å². The van der Waals surface area contributed by atoms with Crippen molar-refractivity contribution < 1.29 is 10.0 Å². The second kappa shape index (κ2) is 5.61. The summed E-state index contributed by atoms with van der Waals surface area (Å²) < 4.78 is 0. The molecule has 17 heavy (non-hydrogen) atoms. The molecule has 1 aromatic heterocycles. The highest BCUT2D eigenvalue weighted by Crippen LogP contribution is 2.39. The van der Waals surface area contributed by atoms with Gasteiger partial charge in [0.1, 0.15) is 0 Å². The number of aliphatic hydroxyl groups excluding tert-OH is 1. The van der Waals surface area contributed by atoms with E-state index in [9.17, 15) is 15.2 Å². The monoisotopic (exact) mass is 255 g/mol. The fourth-order valence-electron chi connectivity index (χ4n) is 1.32. The third-order valence-corrected chi connectivity index (χ3v) is 3.64. The molecule has 0 aliphatic carbocycles. The van der Waals surface area contributed by atoms with Gasteiger partial charge in [-0.2, -0.15) is 5.26 Å². The highest BCUT2D eigenvalue weighted by Gasteiger charge is 2.23. The van der Waals surface area contributed by atoms with Gasteiger partial charge in [0.25, 0.3) is 0 Å². The summed E-state index contributed by atoms with van der Waals surface area (Å²) >= 11 is 1.18. The lowest BCUT2D eigenvalue weighted by atomic mass is 10.3. The van der Waals surface area contributed by atoms with Crippen molar-refractivity contribution in [2.24, 2.45) is 0 Å². The standard InChI is InChI=1S/C10H13N3O3S/c1-7(14)9-6-8(13(15)16)10(17-9)12(2)5-3-4-11/h6-7,14H,3,5H2,1-2H3. The molecule has 0 aliphatic rings. The molecule has 1 heterocycles. The minimum absolute atomic E-state index is 0.0219. The van der Waals surface area contributed by atoms with Crippen molar-refractivity contribution >= 4 is 22.0 Å². The van der Waals surface area contributed by atoms with E-state index < -0.39 is 11.0 Å². The molecule has 1 atom stereocenters. The van der Waals surface area contributed by atoms with Crippen molar-refractivity contribution in [3.05, 3.63) is 21.1 Å². The Bertz CT molecular complexity index is 450. The Morgan fingerprint density at radius 1 is 1.76 bits per heavy atom. The Morgan fingerprint density at radius 3 is 2.88 bits per heavy atom. The number of thiophene rings is 1. The summed E-state index contributed by atoms with van der Waals surface area (Å²) in [5.41, 5.74) is -0.0219. The quantitative estimate of drug-likeness (QED) is 0.642. The van der Waals surface area contributed by atoms with Crippen molar-refractivity contribution in [3.8, 4) is 6.07 Å². The summed E-state index contributed by atoms with van der Waals surface area (Å²) in [6.07, 6.45) is -0.424. The van der Waals surface area contributed by atoms with Crippen LogP contribution in [-0.2, 0) is 0 Å². The zero-order chi connectivity index (χ0) is 13.0.